The number of anilines is 2. The van der Waals surface area contributed by atoms with Crippen molar-refractivity contribution >= 4 is 33.3 Å². The molecule has 8 nitrogen and oxygen atoms in total. The molecule has 3 aromatic heterocycles. The zero-order valence-electron chi connectivity index (χ0n) is 13.3. The van der Waals surface area contributed by atoms with Gasteiger partial charge < -0.3 is 11.1 Å². The van der Waals surface area contributed by atoms with Crippen molar-refractivity contribution in [3.63, 3.8) is 0 Å². The minimum atomic E-state index is 0.519. The van der Waals surface area contributed by atoms with Crippen molar-refractivity contribution in [2.45, 2.75) is 32.6 Å². The number of aryl methyl sites for hydroxylation is 3. The molecule has 0 spiro atoms. The summed E-state index contributed by atoms with van der Waals surface area (Å²) in [5, 5.41) is 18.0. The second-order valence-corrected chi connectivity index (χ2v) is 6.40. The number of rotatable bonds is 7. The molecule has 0 atom stereocenters. The highest BCUT2D eigenvalue weighted by atomic mass is 32.1. The fourth-order valence-electron chi connectivity index (χ4n) is 2.35. The average Bonchev–Trinajstić information content (AvgIpc) is 3.11. The molecule has 0 fully saturated rings. The summed E-state index contributed by atoms with van der Waals surface area (Å²) in [6, 6.07) is 0. The van der Waals surface area contributed by atoms with E-state index in [1.54, 1.807) is 10.9 Å². The van der Waals surface area contributed by atoms with Gasteiger partial charge in [0.05, 0.1) is 11.6 Å². The zero-order chi connectivity index (χ0) is 16.2. The minimum absolute atomic E-state index is 0.519. The molecule has 0 aliphatic heterocycles. The lowest BCUT2D eigenvalue weighted by atomic mass is 10.3. The molecule has 3 heterocycles. The molecule has 3 rings (SSSR count). The largest absolute Gasteiger partial charge is 0.374 e. The van der Waals surface area contributed by atoms with Crippen LogP contribution < -0.4 is 11.1 Å². The van der Waals surface area contributed by atoms with Gasteiger partial charge in [0.2, 0.25) is 5.13 Å². The van der Waals surface area contributed by atoms with Gasteiger partial charge in [-0.15, -0.1) is 10.2 Å². The molecule has 0 amide bonds. The van der Waals surface area contributed by atoms with Crippen molar-refractivity contribution in [3.8, 4) is 0 Å². The molecule has 0 aliphatic rings. The second-order valence-electron chi connectivity index (χ2n) is 5.31. The molecule has 0 unspecified atom stereocenters. The first kappa shape index (κ1) is 15.6. The van der Waals surface area contributed by atoms with E-state index in [0.717, 1.165) is 59.9 Å². The average molecular weight is 332 g/mol. The first-order valence-corrected chi connectivity index (χ1v) is 8.49. The molecule has 0 aliphatic carbocycles. The molecule has 0 bridgehead atoms. The molecule has 23 heavy (non-hydrogen) atoms. The Labute approximate surface area is 138 Å². The fraction of sp³-hybridized carbons (Fsp3) is 0.500. The maximum Gasteiger partial charge on any atom is 0.203 e. The van der Waals surface area contributed by atoms with Crippen LogP contribution in [-0.2, 0) is 19.9 Å². The summed E-state index contributed by atoms with van der Waals surface area (Å²) >= 11 is 1.44. The maximum absolute atomic E-state index is 5.59. The van der Waals surface area contributed by atoms with Gasteiger partial charge in [-0.1, -0.05) is 18.3 Å². The predicted octanol–water partition coefficient (Wildman–Crippen LogP) is 1.79. The van der Waals surface area contributed by atoms with Crippen LogP contribution in [0.4, 0.5) is 10.9 Å². The molecule has 3 aromatic rings. The van der Waals surface area contributed by atoms with Crippen molar-refractivity contribution in [3.05, 3.63) is 17.0 Å². The highest BCUT2D eigenvalue weighted by molar-refractivity contribution is 7.15. The Kier molecular flexibility index (Phi) is 4.65. The first-order chi connectivity index (χ1) is 11.2. The number of nitrogens with one attached hydrogen (secondary N) is 1. The van der Waals surface area contributed by atoms with E-state index in [1.165, 1.54) is 11.3 Å². The number of nitrogens with two attached hydrogens (primary N) is 1. The van der Waals surface area contributed by atoms with Crippen molar-refractivity contribution in [1.82, 2.24) is 29.9 Å². The summed E-state index contributed by atoms with van der Waals surface area (Å²) in [5.41, 5.74) is 6.45. The first-order valence-electron chi connectivity index (χ1n) is 7.67. The summed E-state index contributed by atoms with van der Waals surface area (Å²) in [4.78, 5) is 9.21. The van der Waals surface area contributed by atoms with E-state index in [0.29, 0.717) is 5.13 Å². The van der Waals surface area contributed by atoms with E-state index in [2.05, 4.69) is 37.5 Å². The highest BCUT2D eigenvalue weighted by Gasteiger charge is 2.11. The Bertz CT molecular complexity index is 793. The molecule has 122 valence electrons. The van der Waals surface area contributed by atoms with Crippen LogP contribution in [0.1, 0.15) is 30.6 Å². The van der Waals surface area contributed by atoms with Gasteiger partial charge in [-0.25, -0.2) is 9.97 Å². The number of hydrogen-bond donors (Lipinski definition) is 2. The Morgan fingerprint density at radius 2 is 2.13 bits per heavy atom. The Balaban J connectivity index is 1.68. The number of aromatic nitrogens is 6. The van der Waals surface area contributed by atoms with Crippen molar-refractivity contribution in [1.29, 1.82) is 0 Å². The number of hydrogen-bond acceptors (Lipinski definition) is 8. The van der Waals surface area contributed by atoms with E-state index in [-0.39, 0.29) is 0 Å². The molecule has 9 heteroatoms. The highest BCUT2D eigenvalue weighted by Crippen LogP contribution is 2.20. The van der Waals surface area contributed by atoms with E-state index < -0.39 is 0 Å². The molecule has 0 saturated carbocycles. The third-order valence-electron chi connectivity index (χ3n) is 3.45. The standard InChI is InChI=1S/C14H20N8S/c1-3-5-10-18-12(9-8-17-22(2)13(9)19-10)16-7-4-6-11-20-21-14(15)23-11/h8H,3-7H2,1-2H3,(H2,15,21)(H,16,18,19). The van der Waals surface area contributed by atoms with Gasteiger partial charge >= 0.3 is 0 Å². The Morgan fingerprint density at radius 1 is 1.26 bits per heavy atom. The van der Waals surface area contributed by atoms with E-state index >= 15 is 0 Å². The minimum Gasteiger partial charge on any atom is -0.374 e. The predicted molar refractivity (Wildman–Crippen MR) is 91.4 cm³/mol. The lowest BCUT2D eigenvalue weighted by Crippen LogP contribution is -2.08. The van der Waals surface area contributed by atoms with Crippen LogP contribution in [0.3, 0.4) is 0 Å². The van der Waals surface area contributed by atoms with Crippen LogP contribution in [-0.4, -0.2) is 36.5 Å². The summed E-state index contributed by atoms with van der Waals surface area (Å²) in [6.07, 6.45) is 5.47. The van der Waals surface area contributed by atoms with Crippen LogP contribution in [0.15, 0.2) is 6.20 Å². The molecular formula is C14H20N8S. The monoisotopic (exact) mass is 332 g/mol. The van der Waals surface area contributed by atoms with Gasteiger partial charge in [-0.05, 0) is 12.8 Å². The third kappa shape index (κ3) is 3.55. The molecular weight excluding hydrogens is 312 g/mol. The maximum atomic E-state index is 5.59. The van der Waals surface area contributed by atoms with Gasteiger partial charge in [-0.2, -0.15) is 5.10 Å². The zero-order valence-corrected chi connectivity index (χ0v) is 14.1. The third-order valence-corrected chi connectivity index (χ3v) is 4.27. The van der Waals surface area contributed by atoms with Crippen molar-refractivity contribution in [2.75, 3.05) is 17.6 Å². The SMILES string of the molecule is CCCc1nc(NCCCc2nnc(N)s2)c2cnn(C)c2n1. The van der Waals surface area contributed by atoms with Crippen LogP contribution >= 0.6 is 11.3 Å². The molecule has 3 N–H and O–H groups in total. The normalized spacial score (nSPS) is 11.2. The van der Waals surface area contributed by atoms with Gasteiger partial charge in [0, 0.05) is 26.4 Å². The fourth-order valence-corrected chi connectivity index (χ4v) is 3.00. The molecule has 0 aromatic carbocycles. The van der Waals surface area contributed by atoms with E-state index in [9.17, 15) is 0 Å². The van der Waals surface area contributed by atoms with Gasteiger partial charge in [-0.3, -0.25) is 4.68 Å². The summed E-state index contributed by atoms with van der Waals surface area (Å²) < 4.78 is 1.78. The smallest absolute Gasteiger partial charge is 0.203 e. The van der Waals surface area contributed by atoms with E-state index in [1.807, 2.05) is 7.05 Å². The summed E-state index contributed by atoms with van der Waals surface area (Å²) in [7, 11) is 1.90. The van der Waals surface area contributed by atoms with E-state index in [4.69, 9.17) is 5.73 Å². The van der Waals surface area contributed by atoms with Crippen molar-refractivity contribution in [2.24, 2.45) is 7.05 Å². The Morgan fingerprint density at radius 3 is 2.87 bits per heavy atom. The second kappa shape index (κ2) is 6.86. The van der Waals surface area contributed by atoms with Crippen LogP contribution in [0.5, 0.6) is 0 Å². The van der Waals surface area contributed by atoms with Gasteiger partial charge in [0.15, 0.2) is 5.65 Å². The summed E-state index contributed by atoms with van der Waals surface area (Å²) in [5.74, 6) is 1.70. The van der Waals surface area contributed by atoms with Gasteiger partial charge in [0.25, 0.3) is 0 Å². The number of nitrogens with zero attached hydrogens (tertiary/aromatic N) is 6. The lowest BCUT2D eigenvalue weighted by molar-refractivity contribution is 0.771. The Hall–Kier alpha value is -2.29. The van der Waals surface area contributed by atoms with Crippen molar-refractivity contribution < 1.29 is 0 Å². The molecule has 0 radical (unpaired) electrons. The van der Waals surface area contributed by atoms with Crippen LogP contribution in [0.25, 0.3) is 11.0 Å². The number of fused-ring (bicyclic) bond motifs is 1. The quantitative estimate of drug-likeness (QED) is 0.635. The number of nitrogen functional groups attached to an aromatic ring is 1. The van der Waals surface area contributed by atoms with Crippen LogP contribution in [0, 0.1) is 0 Å². The topological polar surface area (TPSA) is 107 Å². The lowest BCUT2D eigenvalue weighted by Gasteiger charge is -2.08. The summed E-state index contributed by atoms with van der Waals surface area (Å²) in [6.45, 7) is 2.92. The van der Waals surface area contributed by atoms with Gasteiger partial charge in [0.1, 0.15) is 16.6 Å². The van der Waals surface area contributed by atoms with Crippen LogP contribution in [0.2, 0.25) is 0 Å². The molecule has 0 saturated heterocycles.